The van der Waals surface area contributed by atoms with Gasteiger partial charge in [0.25, 0.3) is 5.91 Å². The van der Waals surface area contributed by atoms with Crippen LogP contribution in [0.5, 0.6) is 5.75 Å². The quantitative estimate of drug-likeness (QED) is 0.795. The molecule has 2 rings (SSSR count). The number of amides is 1. The van der Waals surface area contributed by atoms with E-state index in [-0.39, 0.29) is 5.91 Å². The second-order valence-electron chi connectivity index (χ2n) is 4.64. The molecular formula is C15H20N2O3. The summed E-state index contributed by atoms with van der Waals surface area (Å²) in [6, 6.07) is 5.73. The Labute approximate surface area is 118 Å². The predicted octanol–water partition coefficient (Wildman–Crippen LogP) is 2.25. The van der Waals surface area contributed by atoms with Crippen LogP contribution < -0.4 is 10.1 Å². The van der Waals surface area contributed by atoms with Crippen LogP contribution in [0, 0.1) is 6.92 Å². The molecule has 1 aromatic heterocycles. The largest absolute Gasteiger partial charge is 0.497 e. The van der Waals surface area contributed by atoms with Crippen molar-refractivity contribution >= 4 is 16.8 Å². The molecule has 108 valence electrons. The van der Waals surface area contributed by atoms with E-state index < -0.39 is 0 Å². The van der Waals surface area contributed by atoms with Crippen molar-refractivity contribution < 1.29 is 14.3 Å². The fraction of sp³-hybridized carbons (Fsp3) is 0.400. The number of nitrogens with one attached hydrogen (secondary N) is 2. The molecule has 1 aromatic carbocycles. The maximum Gasteiger partial charge on any atom is 0.268 e. The number of methoxy groups -OCH3 is 2. The van der Waals surface area contributed by atoms with Crippen molar-refractivity contribution in [3.05, 3.63) is 29.5 Å². The van der Waals surface area contributed by atoms with E-state index in [9.17, 15) is 4.79 Å². The summed E-state index contributed by atoms with van der Waals surface area (Å²) in [5, 5.41) is 3.89. The van der Waals surface area contributed by atoms with Crippen LogP contribution in [0.4, 0.5) is 0 Å². The van der Waals surface area contributed by atoms with Crippen LogP contribution >= 0.6 is 0 Å². The van der Waals surface area contributed by atoms with Gasteiger partial charge in [0.1, 0.15) is 11.4 Å². The van der Waals surface area contributed by atoms with Crippen LogP contribution in [0.1, 0.15) is 22.5 Å². The summed E-state index contributed by atoms with van der Waals surface area (Å²) >= 11 is 0. The van der Waals surface area contributed by atoms with Crippen molar-refractivity contribution in [2.45, 2.75) is 13.3 Å². The summed E-state index contributed by atoms with van der Waals surface area (Å²) < 4.78 is 10.2. The fourth-order valence-corrected chi connectivity index (χ4v) is 2.17. The van der Waals surface area contributed by atoms with Crippen molar-refractivity contribution in [3.63, 3.8) is 0 Å². The molecule has 0 aliphatic carbocycles. The minimum absolute atomic E-state index is 0.0891. The van der Waals surface area contributed by atoms with Crippen molar-refractivity contribution in [2.75, 3.05) is 27.4 Å². The van der Waals surface area contributed by atoms with Gasteiger partial charge in [-0.2, -0.15) is 0 Å². The number of aromatic nitrogens is 1. The molecule has 0 saturated heterocycles. The molecular weight excluding hydrogens is 256 g/mol. The summed E-state index contributed by atoms with van der Waals surface area (Å²) in [6.07, 6.45) is 0.801. The number of carbonyl (C=O) groups excluding carboxylic acids is 1. The van der Waals surface area contributed by atoms with Gasteiger partial charge in [-0.3, -0.25) is 4.79 Å². The van der Waals surface area contributed by atoms with E-state index in [0.717, 1.165) is 28.6 Å². The molecule has 0 saturated carbocycles. The molecule has 0 atom stereocenters. The average molecular weight is 276 g/mol. The molecule has 2 aromatic rings. The molecule has 2 N–H and O–H groups in total. The lowest BCUT2D eigenvalue weighted by Crippen LogP contribution is -2.26. The lowest BCUT2D eigenvalue weighted by molar-refractivity contribution is 0.0944. The Morgan fingerprint density at radius 2 is 2.15 bits per heavy atom. The van der Waals surface area contributed by atoms with Crippen LogP contribution in [0.3, 0.4) is 0 Å². The zero-order valence-corrected chi connectivity index (χ0v) is 12.1. The number of fused-ring (bicyclic) bond motifs is 1. The molecule has 20 heavy (non-hydrogen) atoms. The van der Waals surface area contributed by atoms with Crippen molar-refractivity contribution in [1.82, 2.24) is 10.3 Å². The highest BCUT2D eigenvalue weighted by molar-refractivity contribution is 6.01. The lowest BCUT2D eigenvalue weighted by atomic mass is 10.1. The zero-order chi connectivity index (χ0) is 14.5. The second kappa shape index (κ2) is 6.43. The molecule has 0 aliphatic heterocycles. The van der Waals surface area contributed by atoms with Crippen LogP contribution in [-0.2, 0) is 4.74 Å². The maximum absolute atomic E-state index is 12.1. The lowest BCUT2D eigenvalue weighted by Gasteiger charge is -2.04. The van der Waals surface area contributed by atoms with E-state index in [1.54, 1.807) is 14.2 Å². The van der Waals surface area contributed by atoms with E-state index in [4.69, 9.17) is 9.47 Å². The van der Waals surface area contributed by atoms with Gasteiger partial charge in [0.15, 0.2) is 0 Å². The van der Waals surface area contributed by atoms with Crippen molar-refractivity contribution in [1.29, 1.82) is 0 Å². The summed E-state index contributed by atoms with van der Waals surface area (Å²) in [5.41, 5.74) is 2.47. The number of ether oxygens (including phenoxy) is 2. The Kier molecular flexibility index (Phi) is 4.63. The molecule has 0 radical (unpaired) electrons. The Balaban J connectivity index is 2.17. The smallest absolute Gasteiger partial charge is 0.268 e. The SMILES string of the molecule is COCCCNC(=O)c1[nH]c2ccc(OC)cc2c1C. The van der Waals surface area contributed by atoms with E-state index >= 15 is 0 Å². The maximum atomic E-state index is 12.1. The molecule has 0 unspecified atom stereocenters. The first-order valence-corrected chi connectivity index (χ1v) is 6.61. The number of H-pyrrole nitrogens is 1. The number of aryl methyl sites for hydroxylation is 1. The Morgan fingerprint density at radius 3 is 2.85 bits per heavy atom. The van der Waals surface area contributed by atoms with E-state index in [0.29, 0.717) is 18.8 Å². The Bertz CT molecular complexity index is 604. The summed E-state index contributed by atoms with van der Waals surface area (Å²) in [6.45, 7) is 3.18. The van der Waals surface area contributed by atoms with E-state index in [2.05, 4.69) is 10.3 Å². The predicted molar refractivity (Wildman–Crippen MR) is 78.4 cm³/mol. The number of hydrogen-bond acceptors (Lipinski definition) is 3. The third-order valence-corrected chi connectivity index (χ3v) is 3.30. The molecule has 0 fully saturated rings. The van der Waals surface area contributed by atoms with Gasteiger partial charge in [-0.25, -0.2) is 0 Å². The molecule has 1 heterocycles. The third kappa shape index (κ3) is 2.93. The van der Waals surface area contributed by atoms with Gasteiger partial charge in [-0.05, 0) is 37.1 Å². The second-order valence-corrected chi connectivity index (χ2v) is 4.64. The average Bonchev–Trinajstić information content (AvgIpc) is 2.80. The van der Waals surface area contributed by atoms with Crippen molar-refractivity contribution in [2.24, 2.45) is 0 Å². The minimum Gasteiger partial charge on any atom is -0.497 e. The first kappa shape index (κ1) is 14.4. The minimum atomic E-state index is -0.0891. The van der Waals surface area contributed by atoms with Crippen LogP contribution in [0.15, 0.2) is 18.2 Å². The van der Waals surface area contributed by atoms with Crippen molar-refractivity contribution in [3.8, 4) is 5.75 Å². The molecule has 0 bridgehead atoms. The molecule has 0 spiro atoms. The number of benzene rings is 1. The topological polar surface area (TPSA) is 63.3 Å². The zero-order valence-electron chi connectivity index (χ0n) is 12.1. The summed E-state index contributed by atoms with van der Waals surface area (Å²) in [5.74, 6) is 0.695. The van der Waals surface area contributed by atoms with Gasteiger partial charge in [-0.1, -0.05) is 0 Å². The van der Waals surface area contributed by atoms with Crippen LogP contribution in [-0.4, -0.2) is 38.3 Å². The number of carbonyl (C=O) groups is 1. The van der Waals surface area contributed by atoms with Crippen LogP contribution in [0.2, 0.25) is 0 Å². The van der Waals surface area contributed by atoms with E-state index in [1.807, 2.05) is 25.1 Å². The standard InChI is InChI=1S/C15H20N2O3/c1-10-12-9-11(20-3)5-6-13(12)17-14(10)15(18)16-7-4-8-19-2/h5-6,9,17H,4,7-8H2,1-3H3,(H,16,18). The summed E-state index contributed by atoms with van der Waals surface area (Å²) in [4.78, 5) is 15.3. The van der Waals surface area contributed by atoms with Gasteiger partial charge in [-0.15, -0.1) is 0 Å². The van der Waals surface area contributed by atoms with Gasteiger partial charge < -0.3 is 19.8 Å². The Hall–Kier alpha value is -2.01. The van der Waals surface area contributed by atoms with E-state index in [1.165, 1.54) is 0 Å². The molecule has 1 amide bonds. The van der Waals surface area contributed by atoms with Gasteiger partial charge >= 0.3 is 0 Å². The third-order valence-electron chi connectivity index (χ3n) is 3.30. The molecule has 5 heteroatoms. The first-order valence-electron chi connectivity index (χ1n) is 6.61. The van der Waals surface area contributed by atoms with Crippen LogP contribution in [0.25, 0.3) is 10.9 Å². The first-order chi connectivity index (χ1) is 9.67. The summed E-state index contributed by atoms with van der Waals surface area (Å²) in [7, 11) is 3.28. The monoisotopic (exact) mass is 276 g/mol. The van der Waals surface area contributed by atoms with Gasteiger partial charge in [0.2, 0.25) is 0 Å². The molecule has 5 nitrogen and oxygen atoms in total. The highest BCUT2D eigenvalue weighted by Crippen LogP contribution is 2.25. The highest BCUT2D eigenvalue weighted by atomic mass is 16.5. The van der Waals surface area contributed by atoms with Gasteiger partial charge in [0.05, 0.1) is 7.11 Å². The number of hydrogen-bond donors (Lipinski definition) is 2. The highest BCUT2D eigenvalue weighted by Gasteiger charge is 2.14. The fourth-order valence-electron chi connectivity index (χ4n) is 2.17. The van der Waals surface area contributed by atoms with Gasteiger partial charge in [0, 0.05) is 31.2 Å². The number of aromatic amines is 1. The molecule has 0 aliphatic rings. The normalized spacial score (nSPS) is 10.8. The Morgan fingerprint density at radius 1 is 1.35 bits per heavy atom. The number of rotatable bonds is 6.